The Bertz CT molecular complexity index is 534. The van der Waals surface area contributed by atoms with E-state index in [0.717, 1.165) is 18.5 Å². The van der Waals surface area contributed by atoms with Crippen molar-refractivity contribution in [2.45, 2.75) is 59.1 Å². The minimum absolute atomic E-state index is 0.122. The molecule has 23 heavy (non-hydrogen) atoms. The molecule has 0 N–H and O–H groups in total. The molecule has 0 aliphatic carbocycles. The lowest BCUT2D eigenvalue weighted by atomic mass is 9.67. The van der Waals surface area contributed by atoms with Crippen molar-refractivity contribution < 1.29 is 9.53 Å². The Morgan fingerprint density at radius 1 is 1.30 bits per heavy atom. The van der Waals surface area contributed by atoms with Crippen LogP contribution in [0.15, 0.2) is 30.3 Å². The number of rotatable bonds is 3. The van der Waals surface area contributed by atoms with Gasteiger partial charge in [-0.05, 0) is 37.3 Å². The van der Waals surface area contributed by atoms with Crippen LogP contribution in [0.1, 0.15) is 53.0 Å². The van der Waals surface area contributed by atoms with E-state index in [-0.39, 0.29) is 17.4 Å². The second-order valence-electron chi connectivity index (χ2n) is 7.97. The van der Waals surface area contributed by atoms with E-state index in [1.165, 1.54) is 0 Å². The summed E-state index contributed by atoms with van der Waals surface area (Å²) in [5.41, 5.74) is 0.710. The number of hydrogen-bond acceptors (Lipinski definition) is 3. The van der Waals surface area contributed by atoms with E-state index in [9.17, 15) is 4.79 Å². The largest absolute Gasteiger partial charge is 0.452 e. The molecule has 0 saturated carbocycles. The van der Waals surface area contributed by atoms with Gasteiger partial charge >= 0.3 is 5.97 Å². The lowest BCUT2D eigenvalue weighted by Gasteiger charge is -2.52. The average Bonchev–Trinajstić information content (AvgIpc) is 2.51. The van der Waals surface area contributed by atoms with E-state index in [1.807, 2.05) is 25.1 Å². The van der Waals surface area contributed by atoms with Gasteiger partial charge in [0.15, 0.2) is 5.60 Å². The highest BCUT2D eigenvalue weighted by atomic mass is 16.6. The Labute approximate surface area is 141 Å². The standard InChI is InChI=1S/C20H31NO2/c1-7-18(22)23-20(16-11-9-8-10-12-16)13-17(19(3,4)5)14-21(6)15(20)2/h8-12,15,17H,7,13-14H2,1-6H3/t15-,17-,20-/m1/s1. The Balaban J connectivity index is 2.51. The average molecular weight is 317 g/mol. The van der Waals surface area contributed by atoms with Crippen molar-refractivity contribution in [3.63, 3.8) is 0 Å². The molecule has 1 aromatic carbocycles. The second kappa shape index (κ2) is 6.64. The molecule has 1 fully saturated rings. The summed E-state index contributed by atoms with van der Waals surface area (Å²) in [5.74, 6) is 0.345. The molecule has 2 rings (SSSR count). The molecule has 0 radical (unpaired) electrons. The number of carbonyl (C=O) groups excluding carboxylic acids is 1. The van der Waals surface area contributed by atoms with Crippen LogP contribution >= 0.6 is 0 Å². The normalized spacial score (nSPS) is 29.3. The number of benzene rings is 1. The van der Waals surface area contributed by atoms with Crippen LogP contribution in [0.5, 0.6) is 0 Å². The van der Waals surface area contributed by atoms with Crippen molar-refractivity contribution in [3.8, 4) is 0 Å². The quantitative estimate of drug-likeness (QED) is 0.782. The van der Waals surface area contributed by atoms with E-state index >= 15 is 0 Å². The van der Waals surface area contributed by atoms with Gasteiger partial charge in [0.25, 0.3) is 0 Å². The Morgan fingerprint density at radius 3 is 2.43 bits per heavy atom. The van der Waals surface area contributed by atoms with Crippen LogP contribution in [0.25, 0.3) is 0 Å². The van der Waals surface area contributed by atoms with Gasteiger partial charge in [0, 0.05) is 13.0 Å². The molecule has 0 spiro atoms. The third-order valence-electron chi connectivity index (χ3n) is 5.47. The van der Waals surface area contributed by atoms with E-state index < -0.39 is 5.60 Å². The fourth-order valence-corrected chi connectivity index (χ4v) is 3.58. The number of ether oxygens (including phenoxy) is 1. The van der Waals surface area contributed by atoms with Crippen molar-refractivity contribution >= 4 is 5.97 Å². The molecular formula is C20H31NO2. The third-order valence-corrected chi connectivity index (χ3v) is 5.47. The molecule has 1 aromatic rings. The first kappa shape index (κ1) is 18.0. The summed E-state index contributed by atoms with van der Waals surface area (Å²) in [6.45, 7) is 11.9. The van der Waals surface area contributed by atoms with Crippen molar-refractivity contribution in [3.05, 3.63) is 35.9 Å². The minimum Gasteiger partial charge on any atom is -0.452 e. The zero-order valence-electron chi connectivity index (χ0n) is 15.4. The van der Waals surface area contributed by atoms with Crippen molar-refractivity contribution in [1.29, 1.82) is 0 Å². The molecule has 0 amide bonds. The molecule has 3 nitrogen and oxygen atoms in total. The lowest BCUT2D eigenvalue weighted by molar-refractivity contribution is -0.182. The maximum absolute atomic E-state index is 12.2. The smallest absolute Gasteiger partial charge is 0.306 e. The van der Waals surface area contributed by atoms with Crippen LogP contribution in [0, 0.1) is 11.3 Å². The van der Waals surface area contributed by atoms with Crippen LogP contribution in [0.3, 0.4) is 0 Å². The highest BCUT2D eigenvalue weighted by Gasteiger charge is 2.50. The van der Waals surface area contributed by atoms with Gasteiger partial charge in [-0.25, -0.2) is 0 Å². The SMILES string of the molecule is CCC(=O)O[C@]1(c2ccccc2)C[C@@H](C(C)(C)C)CN(C)[C@@H]1C. The van der Waals surface area contributed by atoms with Gasteiger partial charge in [-0.2, -0.15) is 0 Å². The molecule has 1 aliphatic heterocycles. The van der Waals surface area contributed by atoms with E-state index in [2.05, 4.69) is 51.8 Å². The lowest BCUT2D eigenvalue weighted by Crippen LogP contribution is -2.58. The van der Waals surface area contributed by atoms with E-state index in [4.69, 9.17) is 4.74 Å². The van der Waals surface area contributed by atoms with E-state index in [1.54, 1.807) is 0 Å². The molecular weight excluding hydrogens is 286 g/mol. The van der Waals surface area contributed by atoms with Gasteiger partial charge in [0.2, 0.25) is 0 Å². The number of likely N-dealkylation sites (N-methyl/N-ethyl adjacent to an activating group) is 1. The number of likely N-dealkylation sites (tertiary alicyclic amines) is 1. The van der Waals surface area contributed by atoms with Crippen LogP contribution in [0.4, 0.5) is 0 Å². The maximum atomic E-state index is 12.2. The number of piperidine rings is 1. The fourth-order valence-electron chi connectivity index (χ4n) is 3.58. The second-order valence-corrected chi connectivity index (χ2v) is 7.97. The van der Waals surface area contributed by atoms with Gasteiger partial charge < -0.3 is 4.74 Å². The molecule has 3 atom stereocenters. The van der Waals surface area contributed by atoms with Gasteiger partial charge in [0.1, 0.15) is 0 Å². The topological polar surface area (TPSA) is 29.5 Å². The molecule has 0 unspecified atom stereocenters. The Kier molecular flexibility index (Phi) is 5.20. The number of esters is 1. The summed E-state index contributed by atoms with van der Waals surface area (Å²) in [5, 5.41) is 0. The highest BCUT2D eigenvalue weighted by molar-refractivity contribution is 5.70. The van der Waals surface area contributed by atoms with Crippen LogP contribution in [-0.2, 0) is 15.1 Å². The molecule has 1 saturated heterocycles. The van der Waals surface area contributed by atoms with Gasteiger partial charge in [0.05, 0.1) is 6.04 Å². The Hall–Kier alpha value is -1.35. The molecule has 0 bridgehead atoms. The summed E-state index contributed by atoms with van der Waals surface area (Å²) in [6, 6.07) is 10.4. The van der Waals surface area contributed by atoms with E-state index in [0.29, 0.717) is 12.3 Å². The Morgan fingerprint density at radius 2 is 1.91 bits per heavy atom. The summed E-state index contributed by atoms with van der Waals surface area (Å²) in [7, 11) is 2.14. The number of carbonyl (C=O) groups is 1. The highest BCUT2D eigenvalue weighted by Crippen LogP contribution is 2.47. The zero-order valence-corrected chi connectivity index (χ0v) is 15.4. The summed E-state index contributed by atoms with van der Waals surface area (Å²) in [4.78, 5) is 14.6. The maximum Gasteiger partial charge on any atom is 0.306 e. The van der Waals surface area contributed by atoms with Gasteiger partial charge in [-0.15, -0.1) is 0 Å². The fraction of sp³-hybridized carbons (Fsp3) is 0.650. The van der Waals surface area contributed by atoms with Crippen molar-refractivity contribution in [1.82, 2.24) is 4.90 Å². The molecule has 0 aromatic heterocycles. The predicted octanol–water partition coefficient (Wildman–Crippen LogP) is 4.22. The molecule has 3 heteroatoms. The van der Waals surface area contributed by atoms with Crippen molar-refractivity contribution in [2.75, 3.05) is 13.6 Å². The predicted molar refractivity (Wildman–Crippen MR) is 94.2 cm³/mol. The summed E-state index contributed by atoms with van der Waals surface area (Å²) >= 11 is 0. The summed E-state index contributed by atoms with van der Waals surface area (Å²) < 4.78 is 6.14. The molecule has 1 heterocycles. The van der Waals surface area contributed by atoms with Gasteiger partial charge in [-0.1, -0.05) is 58.0 Å². The molecule has 1 aliphatic rings. The summed E-state index contributed by atoms with van der Waals surface area (Å²) in [6.07, 6.45) is 1.28. The number of hydrogen-bond donors (Lipinski definition) is 0. The van der Waals surface area contributed by atoms with Crippen molar-refractivity contribution in [2.24, 2.45) is 11.3 Å². The third kappa shape index (κ3) is 3.60. The monoisotopic (exact) mass is 317 g/mol. The first-order chi connectivity index (χ1) is 10.7. The first-order valence-corrected chi connectivity index (χ1v) is 8.68. The number of nitrogens with zero attached hydrogens (tertiary/aromatic N) is 1. The first-order valence-electron chi connectivity index (χ1n) is 8.68. The molecule has 128 valence electrons. The zero-order chi connectivity index (χ0) is 17.3. The van der Waals surface area contributed by atoms with Gasteiger partial charge in [-0.3, -0.25) is 9.69 Å². The van der Waals surface area contributed by atoms with Crippen LogP contribution in [0.2, 0.25) is 0 Å². The minimum atomic E-state index is -0.570. The van der Waals surface area contributed by atoms with Crippen LogP contribution < -0.4 is 0 Å². The van der Waals surface area contributed by atoms with Crippen LogP contribution in [-0.4, -0.2) is 30.5 Å².